The van der Waals surface area contributed by atoms with Gasteiger partial charge in [-0.1, -0.05) is 37.3 Å². The molecule has 2 heterocycles. The van der Waals surface area contributed by atoms with Gasteiger partial charge in [-0.15, -0.1) is 0 Å². The van der Waals surface area contributed by atoms with E-state index in [1.54, 1.807) is 13.3 Å². The second-order valence-electron chi connectivity index (χ2n) is 7.85. The van der Waals surface area contributed by atoms with Crippen LogP contribution in [0, 0.1) is 5.92 Å². The number of benzene rings is 2. The average Bonchev–Trinajstić information content (AvgIpc) is 3.25. The Labute approximate surface area is 186 Å². The van der Waals surface area contributed by atoms with Crippen molar-refractivity contribution < 1.29 is 14.6 Å². The third kappa shape index (κ3) is 4.88. The summed E-state index contributed by atoms with van der Waals surface area (Å²) in [7, 11) is 0. The molecule has 0 spiro atoms. The zero-order valence-electron chi connectivity index (χ0n) is 18.1. The van der Waals surface area contributed by atoms with Gasteiger partial charge in [0, 0.05) is 11.7 Å². The summed E-state index contributed by atoms with van der Waals surface area (Å²) >= 11 is 0. The van der Waals surface area contributed by atoms with Gasteiger partial charge in [-0.2, -0.15) is 0 Å². The number of carbonyl (C=O) groups is 1. The molecule has 0 fully saturated rings. The van der Waals surface area contributed by atoms with E-state index in [2.05, 4.69) is 39.3 Å². The molecule has 4 aromatic rings. The maximum absolute atomic E-state index is 10.9. The molecule has 0 saturated carbocycles. The Morgan fingerprint density at radius 2 is 1.84 bits per heavy atom. The fourth-order valence-electron chi connectivity index (χ4n) is 3.45. The Balaban J connectivity index is 1.48. The zero-order valence-corrected chi connectivity index (χ0v) is 18.1. The number of H-pyrrole nitrogens is 1. The molecule has 2 aromatic carbocycles. The highest BCUT2D eigenvalue weighted by molar-refractivity contribution is 5.91. The van der Waals surface area contributed by atoms with Crippen LogP contribution in [0.15, 0.2) is 67.0 Å². The molecule has 0 aliphatic rings. The van der Waals surface area contributed by atoms with E-state index in [1.165, 1.54) is 5.56 Å². The molecule has 164 valence electrons. The molecule has 32 heavy (non-hydrogen) atoms. The van der Waals surface area contributed by atoms with E-state index in [9.17, 15) is 4.79 Å². The number of aliphatic carboxylic acids is 1. The second kappa shape index (κ2) is 9.51. The third-order valence-electron chi connectivity index (χ3n) is 5.48. The number of fused-ring (bicyclic) bond motifs is 1. The maximum atomic E-state index is 10.9. The molecule has 0 aliphatic carbocycles. The number of anilines is 1. The second-order valence-corrected chi connectivity index (χ2v) is 7.85. The first kappa shape index (κ1) is 21.4. The first-order valence-corrected chi connectivity index (χ1v) is 10.6. The predicted octanol–water partition coefficient (Wildman–Crippen LogP) is 5.29. The van der Waals surface area contributed by atoms with Gasteiger partial charge in [0.05, 0.1) is 17.9 Å². The Morgan fingerprint density at radius 3 is 2.56 bits per heavy atom. The summed E-state index contributed by atoms with van der Waals surface area (Å²) in [6.45, 7) is 4.15. The summed E-state index contributed by atoms with van der Waals surface area (Å²) in [6, 6.07) is 20.1. The van der Waals surface area contributed by atoms with E-state index in [1.807, 2.05) is 48.5 Å². The number of aromatic amines is 1. The lowest BCUT2D eigenvalue weighted by Crippen LogP contribution is -2.13. The van der Waals surface area contributed by atoms with Crippen LogP contribution in [0.5, 0.6) is 5.75 Å². The highest BCUT2D eigenvalue weighted by Crippen LogP contribution is 2.29. The minimum absolute atomic E-state index is 0.105. The van der Waals surface area contributed by atoms with Gasteiger partial charge >= 0.3 is 5.97 Å². The molecule has 3 N–H and O–H groups in total. The van der Waals surface area contributed by atoms with Crippen molar-refractivity contribution in [2.24, 2.45) is 5.92 Å². The van der Waals surface area contributed by atoms with Crippen molar-refractivity contribution >= 4 is 22.8 Å². The van der Waals surface area contributed by atoms with Crippen LogP contribution in [0.3, 0.4) is 0 Å². The molecule has 0 aliphatic heterocycles. The minimum atomic E-state index is -0.808. The number of aromatic nitrogens is 3. The van der Waals surface area contributed by atoms with E-state index < -0.39 is 11.9 Å². The topological polar surface area (TPSA) is 100 Å². The number of rotatable bonds is 9. The standard InChI is InChI=1S/C25H26N4O3/c1-16(25(30)31)12-13-32-20-10-8-19(9-11-20)22-14-21-23(26-15-27-24(21)29-22)28-17(2)18-6-4-3-5-7-18/h3-11,14-17H,12-13H2,1-2H3,(H,30,31)(H2,26,27,28,29)/t16-,17?/m1/s1. The summed E-state index contributed by atoms with van der Waals surface area (Å²) in [6.07, 6.45) is 2.02. The van der Waals surface area contributed by atoms with Gasteiger partial charge in [0.15, 0.2) is 0 Å². The number of hydrogen-bond acceptors (Lipinski definition) is 5. The lowest BCUT2D eigenvalue weighted by atomic mass is 10.1. The van der Waals surface area contributed by atoms with Crippen molar-refractivity contribution in [1.29, 1.82) is 0 Å². The highest BCUT2D eigenvalue weighted by atomic mass is 16.5. The number of hydrogen-bond donors (Lipinski definition) is 3. The van der Waals surface area contributed by atoms with E-state index in [0.717, 1.165) is 28.1 Å². The average molecular weight is 431 g/mol. The fraction of sp³-hybridized carbons (Fsp3) is 0.240. The van der Waals surface area contributed by atoms with Crippen molar-refractivity contribution in [2.45, 2.75) is 26.3 Å². The summed E-state index contributed by atoms with van der Waals surface area (Å²) < 4.78 is 5.68. The smallest absolute Gasteiger partial charge is 0.306 e. The molecule has 0 saturated heterocycles. The van der Waals surface area contributed by atoms with E-state index in [-0.39, 0.29) is 6.04 Å². The Kier molecular flexibility index (Phi) is 6.35. The van der Waals surface area contributed by atoms with Crippen LogP contribution in [0.1, 0.15) is 31.9 Å². The molecule has 0 amide bonds. The largest absolute Gasteiger partial charge is 0.494 e. The van der Waals surface area contributed by atoms with Crippen molar-refractivity contribution in [1.82, 2.24) is 15.0 Å². The van der Waals surface area contributed by atoms with E-state index >= 15 is 0 Å². The number of nitrogens with zero attached hydrogens (tertiary/aromatic N) is 2. The van der Waals surface area contributed by atoms with E-state index in [0.29, 0.717) is 18.8 Å². The maximum Gasteiger partial charge on any atom is 0.306 e. The van der Waals surface area contributed by atoms with Gasteiger partial charge in [-0.25, -0.2) is 9.97 Å². The Bertz CT molecular complexity index is 1190. The number of nitrogens with one attached hydrogen (secondary N) is 2. The lowest BCUT2D eigenvalue weighted by Gasteiger charge is -2.15. The molecule has 0 radical (unpaired) electrons. The van der Waals surface area contributed by atoms with Gasteiger partial charge < -0.3 is 20.1 Å². The normalized spacial score (nSPS) is 12.9. The Hall–Kier alpha value is -3.87. The van der Waals surface area contributed by atoms with Crippen LogP contribution in [-0.4, -0.2) is 32.6 Å². The van der Waals surface area contributed by atoms with Crippen LogP contribution in [-0.2, 0) is 4.79 Å². The molecule has 2 aromatic heterocycles. The predicted molar refractivity (Wildman–Crippen MR) is 125 cm³/mol. The molecular weight excluding hydrogens is 404 g/mol. The monoisotopic (exact) mass is 430 g/mol. The summed E-state index contributed by atoms with van der Waals surface area (Å²) in [5.41, 5.74) is 3.88. The number of carboxylic acid groups (broad SMARTS) is 1. The zero-order chi connectivity index (χ0) is 22.5. The van der Waals surface area contributed by atoms with Crippen LogP contribution >= 0.6 is 0 Å². The summed E-state index contributed by atoms with van der Waals surface area (Å²) in [4.78, 5) is 23.1. The minimum Gasteiger partial charge on any atom is -0.494 e. The van der Waals surface area contributed by atoms with Gasteiger partial charge in [0.2, 0.25) is 0 Å². The Morgan fingerprint density at radius 1 is 1.09 bits per heavy atom. The third-order valence-corrected chi connectivity index (χ3v) is 5.48. The van der Waals surface area contributed by atoms with Crippen molar-refractivity contribution in [3.63, 3.8) is 0 Å². The molecule has 4 rings (SSSR count). The van der Waals surface area contributed by atoms with E-state index in [4.69, 9.17) is 9.84 Å². The number of carboxylic acids is 1. The van der Waals surface area contributed by atoms with Gasteiger partial charge in [0.25, 0.3) is 0 Å². The van der Waals surface area contributed by atoms with Gasteiger partial charge in [-0.05, 0) is 54.8 Å². The molecular formula is C25H26N4O3. The summed E-state index contributed by atoms with van der Waals surface area (Å²) in [5, 5.41) is 13.4. The van der Waals surface area contributed by atoms with Crippen LogP contribution in [0.2, 0.25) is 0 Å². The van der Waals surface area contributed by atoms with Crippen LogP contribution < -0.4 is 10.1 Å². The highest BCUT2D eigenvalue weighted by Gasteiger charge is 2.13. The SMILES string of the molecule is CC(Nc1ncnc2[nH]c(-c3ccc(OCC[C@@H](C)C(=O)O)cc3)cc12)c1ccccc1. The van der Waals surface area contributed by atoms with Gasteiger partial charge in [0.1, 0.15) is 23.5 Å². The molecule has 1 unspecified atom stereocenters. The molecule has 7 heteroatoms. The quantitative estimate of drug-likeness (QED) is 0.334. The van der Waals surface area contributed by atoms with Crippen molar-refractivity contribution in [3.8, 4) is 17.0 Å². The number of ether oxygens (including phenoxy) is 1. The summed E-state index contributed by atoms with van der Waals surface area (Å²) in [5.74, 6) is 0.259. The van der Waals surface area contributed by atoms with Crippen LogP contribution in [0.25, 0.3) is 22.3 Å². The molecule has 7 nitrogen and oxygen atoms in total. The molecule has 2 atom stereocenters. The lowest BCUT2D eigenvalue weighted by molar-refractivity contribution is -0.141. The van der Waals surface area contributed by atoms with Crippen molar-refractivity contribution in [3.05, 3.63) is 72.6 Å². The van der Waals surface area contributed by atoms with Crippen molar-refractivity contribution in [2.75, 3.05) is 11.9 Å². The fourth-order valence-corrected chi connectivity index (χ4v) is 3.45. The van der Waals surface area contributed by atoms with Crippen LogP contribution in [0.4, 0.5) is 5.82 Å². The first-order valence-electron chi connectivity index (χ1n) is 10.6. The molecule has 0 bridgehead atoms. The van der Waals surface area contributed by atoms with Gasteiger partial charge in [-0.3, -0.25) is 4.79 Å². The first-order chi connectivity index (χ1) is 15.5.